The van der Waals surface area contributed by atoms with Crippen LogP contribution in [0.4, 0.5) is 11.5 Å². The molecule has 1 fully saturated rings. The van der Waals surface area contributed by atoms with Gasteiger partial charge in [-0.2, -0.15) is 0 Å². The van der Waals surface area contributed by atoms with Crippen LogP contribution >= 0.6 is 11.6 Å². The molecule has 2 aromatic carbocycles. The number of pyridine rings is 1. The molecule has 1 aliphatic rings. The van der Waals surface area contributed by atoms with Crippen LogP contribution in [0.25, 0.3) is 22.3 Å². The van der Waals surface area contributed by atoms with Crippen LogP contribution in [0.3, 0.4) is 0 Å². The minimum Gasteiger partial charge on any atom is -0.496 e. The van der Waals surface area contributed by atoms with E-state index in [9.17, 15) is 0 Å². The van der Waals surface area contributed by atoms with Crippen molar-refractivity contribution < 1.29 is 4.74 Å². The molecule has 0 saturated heterocycles. The van der Waals surface area contributed by atoms with Gasteiger partial charge in [0.2, 0.25) is 0 Å². The molecular formula is C23H19ClN4O. The van der Waals surface area contributed by atoms with E-state index in [-0.39, 0.29) is 0 Å². The van der Waals surface area contributed by atoms with Gasteiger partial charge in [0.25, 0.3) is 0 Å². The lowest BCUT2D eigenvalue weighted by atomic mass is 10.1. The Bertz CT molecular complexity index is 1190. The Hall–Kier alpha value is -3.18. The summed E-state index contributed by atoms with van der Waals surface area (Å²) < 4.78 is 5.54. The second kappa shape index (κ2) is 7.33. The second-order valence-electron chi connectivity index (χ2n) is 7.15. The quantitative estimate of drug-likeness (QED) is 0.445. The van der Waals surface area contributed by atoms with Crippen LogP contribution < -0.4 is 10.1 Å². The maximum atomic E-state index is 6.26. The molecule has 0 unspecified atom stereocenters. The van der Waals surface area contributed by atoms with E-state index in [0.717, 1.165) is 27.9 Å². The first-order valence-electron chi connectivity index (χ1n) is 9.54. The van der Waals surface area contributed by atoms with Gasteiger partial charge in [-0.1, -0.05) is 11.6 Å². The highest BCUT2D eigenvalue weighted by atomic mass is 35.5. The van der Waals surface area contributed by atoms with Crippen LogP contribution in [0.1, 0.15) is 24.3 Å². The fourth-order valence-corrected chi connectivity index (χ4v) is 3.65. The van der Waals surface area contributed by atoms with Crippen LogP contribution in [0, 0.1) is 0 Å². The van der Waals surface area contributed by atoms with Crippen molar-refractivity contribution >= 4 is 34.0 Å². The molecule has 0 bridgehead atoms. The Labute approximate surface area is 173 Å². The SMILES string of the molecule is COc1ccc(Nc2nc(-c3cccnc3)nc3ccc(Cl)cc23)cc1C1CC1. The van der Waals surface area contributed by atoms with Gasteiger partial charge >= 0.3 is 0 Å². The predicted octanol–water partition coefficient (Wildman–Crippen LogP) is 5.97. The Morgan fingerprint density at radius 3 is 2.72 bits per heavy atom. The summed E-state index contributed by atoms with van der Waals surface area (Å²) in [5, 5.41) is 4.99. The molecule has 144 valence electrons. The van der Waals surface area contributed by atoms with Gasteiger partial charge in [-0.15, -0.1) is 0 Å². The molecule has 1 aliphatic carbocycles. The molecule has 5 nitrogen and oxygen atoms in total. The lowest BCUT2D eigenvalue weighted by Crippen LogP contribution is -2.00. The minimum atomic E-state index is 0.578. The van der Waals surface area contributed by atoms with Gasteiger partial charge in [0.05, 0.1) is 12.6 Å². The molecule has 6 heteroatoms. The van der Waals surface area contributed by atoms with Crippen molar-refractivity contribution in [1.82, 2.24) is 15.0 Å². The average molecular weight is 403 g/mol. The maximum Gasteiger partial charge on any atom is 0.163 e. The van der Waals surface area contributed by atoms with Gasteiger partial charge in [0.15, 0.2) is 5.82 Å². The van der Waals surface area contributed by atoms with Crippen LogP contribution in [-0.4, -0.2) is 22.1 Å². The molecule has 0 spiro atoms. The normalized spacial score (nSPS) is 13.4. The van der Waals surface area contributed by atoms with Crippen LogP contribution in [-0.2, 0) is 0 Å². The summed E-state index contributed by atoms with van der Waals surface area (Å²) >= 11 is 6.26. The van der Waals surface area contributed by atoms with Crippen molar-refractivity contribution in [3.63, 3.8) is 0 Å². The number of hydrogen-bond donors (Lipinski definition) is 1. The molecule has 0 radical (unpaired) electrons. The van der Waals surface area contributed by atoms with Crippen molar-refractivity contribution in [2.45, 2.75) is 18.8 Å². The molecule has 4 aromatic rings. The van der Waals surface area contributed by atoms with E-state index in [2.05, 4.69) is 16.4 Å². The van der Waals surface area contributed by atoms with Crippen LogP contribution in [0.15, 0.2) is 60.9 Å². The van der Waals surface area contributed by atoms with Crippen molar-refractivity contribution in [3.8, 4) is 17.1 Å². The van der Waals surface area contributed by atoms with Gasteiger partial charge in [-0.3, -0.25) is 4.98 Å². The standard InChI is InChI=1S/C23H19ClN4O/c1-29-21-9-7-17(12-18(21)14-4-5-14)26-23-19-11-16(24)6-8-20(19)27-22(28-23)15-3-2-10-25-13-15/h2-3,6-14H,4-5H2,1H3,(H,26,27,28). The molecule has 2 aromatic heterocycles. The summed E-state index contributed by atoms with van der Waals surface area (Å²) in [5.41, 5.74) is 3.88. The predicted molar refractivity (Wildman–Crippen MR) is 116 cm³/mol. The third-order valence-corrected chi connectivity index (χ3v) is 5.32. The van der Waals surface area contributed by atoms with E-state index in [1.54, 1.807) is 19.5 Å². The van der Waals surface area contributed by atoms with E-state index < -0.39 is 0 Å². The summed E-state index contributed by atoms with van der Waals surface area (Å²) in [6.07, 6.45) is 5.91. The van der Waals surface area contributed by atoms with Crippen LogP contribution in [0.2, 0.25) is 5.02 Å². The zero-order valence-corrected chi connectivity index (χ0v) is 16.6. The fraction of sp³-hybridized carbons (Fsp3) is 0.174. The van der Waals surface area contributed by atoms with E-state index in [1.807, 2.05) is 42.5 Å². The Morgan fingerprint density at radius 1 is 1.07 bits per heavy atom. The molecule has 0 atom stereocenters. The van der Waals surface area contributed by atoms with Gasteiger partial charge in [0, 0.05) is 34.1 Å². The number of methoxy groups -OCH3 is 1. The Balaban J connectivity index is 1.62. The average Bonchev–Trinajstić information content (AvgIpc) is 3.60. The summed E-state index contributed by atoms with van der Waals surface area (Å²) in [6, 6.07) is 15.6. The highest BCUT2D eigenvalue weighted by molar-refractivity contribution is 6.31. The van der Waals surface area contributed by atoms with Crippen molar-refractivity contribution in [1.29, 1.82) is 0 Å². The van der Waals surface area contributed by atoms with Gasteiger partial charge in [0.1, 0.15) is 11.6 Å². The number of aromatic nitrogens is 3. The number of halogens is 1. The van der Waals surface area contributed by atoms with E-state index in [1.165, 1.54) is 18.4 Å². The van der Waals surface area contributed by atoms with Crippen LogP contribution in [0.5, 0.6) is 5.75 Å². The molecule has 1 saturated carbocycles. The summed E-state index contributed by atoms with van der Waals surface area (Å²) in [7, 11) is 1.72. The number of anilines is 2. The first-order chi connectivity index (χ1) is 14.2. The number of nitrogens with one attached hydrogen (secondary N) is 1. The Morgan fingerprint density at radius 2 is 1.97 bits per heavy atom. The molecule has 5 rings (SSSR count). The summed E-state index contributed by atoms with van der Waals surface area (Å²) in [5.74, 6) is 2.84. The van der Waals surface area contributed by atoms with E-state index >= 15 is 0 Å². The number of benzene rings is 2. The largest absolute Gasteiger partial charge is 0.496 e. The number of rotatable bonds is 5. The summed E-state index contributed by atoms with van der Waals surface area (Å²) in [6.45, 7) is 0. The third kappa shape index (κ3) is 3.61. The van der Waals surface area contributed by atoms with E-state index in [0.29, 0.717) is 22.6 Å². The first-order valence-corrected chi connectivity index (χ1v) is 9.92. The molecule has 0 amide bonds. The lowest BCUT2D eigenvalue weighted by molar-refractivity contribution is 0.410. The monoisotopic (exact) mass is 402 g/mol. The molecule has 1 N–H and O–H groups in total. The van der Waals surface area contributed by atoms with Gasteiger partial charge in [-0.05, 0) is 72.9 Å². The van der Waals surface area contributed by atoms with Crippen molar-refractivity contribution in [2.75, 3.05) is 12.4 Å². The van der Waals surface area contributed by atoms with Gasteiger partial charge in [-0.25, -0.2) is 9.97 Å². The molecule has 29 heavy (non-hydrogen) atoms. The third-order valence-electron chi connectivity index (χ3n) is 5.09. The zero-order chi connectivity index (χ0) is 19.8. The molecule has 2 heterocycles. The highest BCUT2D eigenvalue weighted by Crippen LogP contribution is 2.45. The lowest BCUT2D eigenvalue weighted by Gasteiger charge is -2.14. The van der Waals surface area contributed by atoms with Crippen molar-refractivity contribution in [2.24, 2.45) is 0 Å². The van der Waals surface area contributed by atoms with Gasteiger partial charge < -0.3 is 10.1 Å². The summed E-state index contributed by atoms with van der Waals surface area (Å²) in [4.78, 5) is 13.7. The number of hydrogen-bond acceptors (Lipinski definition) is 5. The molecule has 0 aliphatic heterocycles. The number of nitrogens with zero attached hydrogens (tertiary/aromatic N) is 3. The highest BCUT2D eigenvalue weighted by Gasteiger charge is 2.27. The minimum absolute atomic E-state index is 0.578. The van der Waals surface area contributed by atoms with E-state index in [4.69, 9.17) is 26.3 Å². The number of fused-ring (bicyclic) bond motifs is 1. The first kappa shape index (κ1) is 17.9. The number of ether oxygens (including phenoxy) is 1. The smallest absolute Gasteiger partial charge is 0.163 e. The second-order valence-corrected chi connectivity index (χ2v) is 7.59. The topological polar surface area (TPSA) is 59.9 Å². The van der Waals surface area contributed by atoms with Crippen molar-refractivity contribution in [3.05, 3.63) is 71.5 Å². The Kier molecular flexibility index (Phi) is 4.52. The molecular weight excluding hydrogens is 384 g/mol. The fourth-order valence-electron chi connectivity index (χ4n) is 3.48. The zero-order valence-electron chi connectivity index (χ0n) is 15.9. The maximum absolute atomic E-state index is 6.26.